The topological polar surface area (TPSA) is 81.9 Å². The van der Waals surface area contributed by atoms with E-state index in [1.165, 1.54) is 4.57 Å². The van der Waals surface area contributed by atoms with Crippen LogP contribution in [0.2, 0.25) is 0 Å². The Morgan fingerprint density at radius 1 is 1.35 bits per heavy atom. The maximum Gasteiger partial charge on any atom is 0.255 e. The first-order valence-corrected chi connectivity index (χ1v) is 9.30. The van der Waals surface area contributed by atoms with Crippen molar-refractivity contribution in [2.45, 2.75) is 43.9 Å². The first-order chi connectivity index (χ1) is 12.4. The number of carbonyl (C=O) groups is 1. The second-order valence-corrected chi connectivity index (χ2v) is 7.78. The van der Waals surface area contributed by atoms with Crippen LogP contribution >= 0.6 is 0 Å². The van der Waals surface area contributed by atoms with Crippen molar-refractivity contribution in [1.82, 2.24) is 19.4 Å². The molecule has 26 heavy (non-hydrogen) atoms. The van der Waals surface area contributed by atoms with Crippen molar-refractivity contribution < 1.29 is 9.90 Å². The van der Waals surface area contributed by atoms with Crippen molar-refractivity contribution in [2.24, 2.45) is 0 Å². The van der Waals surface area contributed by atoms with E-state index in [0.29, 0.717) is 37.8 Å². The average molecular weight is 363 g/mol. The van der Waals surface area contributed by atoms with Crippen molar-refractivity contribution in [1.29, 1.82) is 0 Å². The van der Waals surface area contributed by atoms with Gasteiger partial charge in [0.1, 0.15) is 5.82 Å². The van der Waals surface area contributed by atoms with Crippen LogP contribution in [0.4, 0.5) is 5.82 Å². The van der Waals surface area contributed by atoms with Crippen LogP contribution in [0.15, 0.2) is 17.2 Å². The van der Waals surface area contributed by atoms with Crippen molar-refractivity contribution in [3.05, 3.63) is 22.7 Å². The van der Waals surface area contributed by atoms with Crippen LogP contribution < -0.4 is 10.5 Å². The summed E-state index contributed by atoms with van der Waals surface area (Å²) < 4.78 is 1.48. The van der Waals surface area contributed by atoms with Gasteiger partial charge in [-0.25, -0.2) is 4.98 Å². The van der Waals surface area contributed by atoms with E-state index in [0.717, 1.165) is 32.3 Å². The van der Waals surface area contributed by atoms with Gasteiger partial charge in [-0.2, -0.15) is 0 Å². The zero-order chi connectivity index (χ0) is 18.7. The first kappa shape index (κ1) is 18.8. The van der Waals surface area contributed by atoms with Crippen LogP contribution in [-0.2, 0) is 11.3 Å². The SMILES string of the molecule is CN(C)C1CCCN(c2cc(=O)n(CC3(O)CCN(C=O)CC3)cn2)C1. The van der Waals surface area contributed by atoms with Gasteiger partial charge >= 0.3 is 0 Å². The largest absolute Gasteiger partial charge is 0.388 e. The monoisotopic (exact) mass is 363 g/mol. The minimum atomic E-state index is -0.965. The Hall–Kier alpha value is -1.93. The smallest absolute Gasteiger partial charge is 0.255 e. The summed E-state index contributed by atoms with van der Waals surface area (Å²) in [4.78, 5) is 33.9. The summed E-state index contributed by atoms with van der Waals surface area (Å²) in [5.41, 5.74) is -1.11. The first-order valence-electron chi connectivity index (χ1n) is 9.30. The molecule has 0 saturated carbocycles. The third-order valence-corrected chi connectivity index (χ3v) is 5.66. The number of aliphatic hydroxyl groups is 1. The number of likely N-dealkylation sites (tertiary alicyclic amines) is 1. The van der Waals surface area contributed by atoms with Crippen LogP contribution in [0.5, 0.6) is 0 Å². The molecule has 3 rings (SSSR count). The summed E-state index contributed by atoms with van der Waals surface area (Å²) in [6.07, 6.45) is 5.53. The Morgan fingerprint density at radius 3 is 2.69 bits per heavy atom. The summed E-state index contributed by atoms with van der Waals surface area (Å²) in [5, 5.41) is 10.7. The quantitative estimate of drug-likeness (QED) is 0.727. The average Bonchev–Trinajstić information content (AvgIpc) is 2.64. The second kappa shape index (κ2) is 7.75. The molecule has 1 N–H and O–H groups in total. The molecule has 1 unspecified atom stereocenters. The molecule has 0 bridgehead atoms. The molecule has 1 aromatic rings. The van der Waals surface area contributed by atoms with E-state index in [-0.39, 0.29) is 12.1 Å². The molecular formula is C18H29N5O3. The number of aromatic nitrogens is 2. The van der Waals surface area contributed by atoms with Gasteiger partial charge in [-0.15, -0.1) is 0 Å². The fourth-order valence-corrected chi connectivity index (χ4v) is 3.81. The van der Waals surface area contributed by atoms with Crippen LogP contribution in [-0.4, -0.2) is 82.8 Å². The summed E-state index contributed by atoms with van der Waals surface area (Å²) in [6.45, 7) is 3.02. The van der Waals surface area contributed by atoms with E-state index in [2.05, 4.69) is 28.9 Å². The van der Waals surface area contributed by atoms with Gasteiger partial charge < -0.3 is 19.8 Å². The Labute approximate surface area is 154 Å². The normalized spacial score (nSPS) is 23.3. The molecule has 8 nitrogen and oxygen atoms in total. The Bertz CT molecular complexity index is 682. The minimum Gasteiger partial charge on any atom is -0.388 e. The zero-order valence-electron chi connectivity index (χ0n) is 15.7. The summed E-state index contributed by atoms with van der Waals surface area (Å²) >= 11 is 0. The number of carbonyl (C=O) groups excluding carboxylic acids is 1. The lowest BCUT2D eigenvalue weighted by Gasteiger charge is -2.37. The number of hydrogen-bond acceptors (Lipinski definition) is 6. The van der Waals surface area contributed by atoms with E-state index >= 15 is 0 Å². The van der Waals surface area contributed by atoms with Crippen molar-refractivity contribution in [2.75, 3.05) is 45.2 Å². The molecular weight excluding hydrogens is 334 g/mol. The van der Waals surface area contributed by atoms with Crippen LogP contribution in [0.3, 0.4) is 0 Å². The fourth-order valence-electron chi connectivity index (χ4n) is 3.81. The van der Waals surface area contributed by atoms with Crippen LogP contribution in [0, 0.1) is 0 Å². The molecule has 1 amide bonds. The summed E-state index contributed by atoms with van der Waals surface area (Å²) in [5.74, 6) is 0.709. The Morgan fingerprint density at radius 2 is 2.08 bits per heavy atom. The van der Waals surface area contributed by atoms with E-state index in [9.17, 15) is 14.7 Å². The maximum atomic E-state index is 12.5. The Balaban J connectivity index is 1.68. The van der Waals surface area contributed by atoms with E-state index in [1.807, 2.05) is 0 Å². The van der Waals surface area contributed by atoms with E-state index in [1.54, 1.807) is 17.3 Å². The molecule has 0 radical (unpaired) electrons. The van der Waals surface area contributed by atoms with Gasteiger partial charge in [-0.3, -0.25) is 14.2 Å². The predicted octanol–water partition coefficient (Wildman–Crippen LogP) is -0.243. The molecule has 0 aromatic carbocycles. The molecule has 2 fully saturated rings. The van der Waals surface area contributed by atoms with Gasteiger partial charge in [0, 0.05) is 38.3 Å². The lowest BCUT2D eigenvalue weighted by molar-refractivity contribution is -0.122. The highest BCUT2D eigenvalue weighted by molar-refractivity contribution is 5.47. The van der Waals surface area contributed by atoms with Gasteiger partial charge in [0.25, 0.3) is 5.56 Å². The highest BCUT2D eigenvalue weighted by Gasteiger charge is 2.32. The number of hydrogen-bond donors (Lipinski definition) is 1. The van der Waals surface area contributed by atoms with Crippen LogP contribution in [0.25, 0.3) is 0 Å². The minimum absolute atomic E-state index is 0.145. The van der Waals surface area contributed by atoms with Gasteiger partial charge in [0.2, 0.25) is 6.41 Å². The predicted molar refractivity (Wildman–Crippen MR) is 99.2 cm³/mol. The van der Waals surface area contributed by atoms with Gasteiger partial charge in [-0.1, -0.05) is 0 Å². The molecule has 3 heterocycles. The number of piperidine rings is 2. The molecule has 1 aromatic heterocycles. The summed E-state index contributed by atoms with van der Waals surface area (Å²) in [6, 6.07) is 2.04. The van der Waals surface area contributed by atoms with Gasteiger partial charge in [0.05, 0.1) is 18.5 Å². The molecule has 2 aliphatic heterocycles. The van der Waals surface area contributed by atoms with Crippen molar-refractivity contribution in [3.8, 4) is 0 Å². The highest BCUT2D eigenvalue weighted by atomic mass is 16.3. The number of anilines is 1. The highest BCUT2D eigenvalue weighted by Crippen LogP contribution is 2.23. The fraction of sp³-hybridized carbons (Fsp3) is 0.722. The van der Waals surface area contributed by atoms with E-state index in [4.69, 9.17) is 0 Å². The lowest BCUT2D eigenvalue weighted by Crippen LogP contribution is -2.48. The molecule has 144 valence electrons. The molecule has 2 saturated heterocycles. The standard InChI is InChI=1S/C18H29N5O3/c1-20(2)15-4-3-7-22(11-15)16-10-17(25)23(13-19-16)12-18(26)5-8-21(14-24)9-6-18/h10,13-15,26H,3-9,11-12H2,1-2H3. The summed E-state index contributed by atoms with van der Waals surface area (Å²) in [7, 11) is 4.16. The number of likely N-dealkylation sites (N-methyl/N-ethyl adjacent to an activating group) is 1. The van der Waals surface area contributed by atoms with Gasteiger partial charge in [-0.05, 0) is 39.8 Å². The van der Waals surface area contributed by atoms with Crippen molar-refractivity contribution in [3.63, 3.8) is 0 Å². The van der Waals surface area contributed by atoms with Crippen LogP contribution in [0.1, 0.15) is 25.7 Å². The zero-order valence-corrected chi connectivity index (χ0v) is 15.7. The van der Waals surface area contributed by atoms with E-state index < -0.39 is 5.60 Å². The molecule has 2 aliphatic rings. The lowest BCUT2D eigenvalue weighted by atomic mass is 9.91. The number of nitrogens with zero attached hydrogens (tertiary/aromatic N) is 5. The third-order valence-electron chi connectivity index (χ3n) is 5.66. The number of rotatable bonds is 5. The third kappa shape index (κ3) is 4.24. The molecule has 0 aliphatic carbocycles. The molecule has 8 heteroatoms. The maximum absolute atomic E-state index is 12.5. The van der Waals surface area contributed by atoms with Crippen molar-refractivity contribution >= 4 is 12.2 Å². The molecule has 1 atom stereocenters. The molecule has 0 spiro atoms. The Kier molecular flexibility index (Phi) is 5.62. The second-order valence-electron chi connectivity index (χ2n) is 7.78. The number of amides is 1. The van der Waals surface area contributed by atoms with Gasteiger partial charge in [0.15, 0.2) is 0 Å².